The van der Waals surface area contributed by atoms with Crippen LogP contribution in [-0.2, 0) is 20.9 Å². The van der Waals surface area contributed by atoms with Crippen molar-refractivity contribution in [3.63, 3.8) is 0 Å². The average molecular weight is 392 g/mol. The van der Waals surface area contributed by atoms with Crippen LogP contribution in [0.1, 0.15) is 31.9 Å². The number of nitrogens with zero attached hydrogens (tertiary/aromatic N) is 3. The van der Waals surface area contributed by atoms with Crippen molar-refractivity contribution in [2.24, 2.45) is 5.92 Å². The third kappa shape index (κ3) is 6.24. The van der Waals surface area contributed by atoms with E-state index in [1.54, 1.807) is 6.20 Å². The second-order valence-electron chi connectivity index (χ2n) is 7.90. The van der Waals surface area contributed by atoms with E-state index in [9.17, 15) is 9.90 Å². The minimum absolute atomic E-state index is 0.0746. The van der Waals surface area contributed by atoms with Gasteiger partial charge in [0.05, 0.1) is 24.9 Å². The van der Waals surface area contributed by atoms with Gasteiger partial charge in [0.1, 0.15) is 0 Å². The summed E-state index contributed by atoms with van der Waals surface area (Å²) < 4.78 is 11.6. The molecule has 28 heavy (non-hydrogen) atoms. The molecule has 0 unspecified atom stereocenters. The van der Waals surface area contributed by atoms with Gasteiger partial charge in [-0.2, -0.15) is 0 Å². The maximum Gasteiger partial charge on any atom is 0.236 e. The maximum atomic E-state index is 12.9. The number of pyridine rings is 1. The number of hydrogen-bond acceptors (Lipinski definition) is 6. The van der Waals surface area contributed by atoms with Gasteiger partial charge in [0.2, 0.25) is 5.91 Å². The maximum absolute atomic E-state index is 12.9. The van der Waals surface area contributed by atoms with Gasteiger partial charge in [0.25, 0.3) is 0 Å². The van der Waals surface area contributed by atoms with Gasteiger partial charge in [0, 0.05) is 51.7 Å². The van der Waals surface area contributed by atoms with Gasteiger partial charge in [-0.05, 0) is 44.2 Å². The monoisotopic (exact) mass is 391 g/mol. The van der Waals surface area contributed by atoms with Crippen molar-refractivity contribution in [1.29, 1.82) is 0 Å². The first-order chi connectivity index (χ1) is 13.7. The van der Waals surface area contributed by atoms with Gasteiger partial charge in [-0.1, -0.05) is 6.07 Å². The summed E-state index contributed by atoms with van der Waals surface area (Å²) in [6.45, 7) is 6.63. The summed E-state index contributed by atoms with van der Waals surface area (Å²) in [5.74, 6) is 0.649. The number of rotatable bonds is 8. The standard InChI is InChI=1S/C21H33N3O4/c1-17(5-9-25)23-13-20(28-16-19-4-2-3-8-22-19)14-24(21(26)15-23)12-18-6-10-27-11-7-18/h2-4,8,17-18,20,25H,5-7,9-16H2,1H3/t17-,20+/m1/s1. The molecule has 0 aromatic carbocycles. The number of carbonyl (C=O) groups excluding carboxylic acids is 1. The fraction of sp³-hybridized carbons (Fsp3) is 0.714. The van der Waals surface area contributed by atoms with Gasteiger partial charge in [-0.25, -0.2) is 0 Å². The van der Waals surface area contributed by atoms with E-state index in [1.807, 2.05) is 23.1 Å². The Labute approximate surface area is 167 Å². The van der Waals surface area contributed by atoms with Crippen molar-refractivity contribution in [3.05, 3.63) is 30.1 Å². The summed E-state index contributed by atoms with van der Waals surface area (Å²) in [4.78, 5) is 21.4. The third-order valence-electron chi connectivity index (χ3n) is 5.74. The summed E-state index contributed by atoms with van der Waals surface area (Å²) in [5.41, 5.74) is 0.893. The molecule has 2 aliphatic rings. The van der Waals surface area contributed by atoms with Gasteiger partial charge < -0.3 is 19.5 Å². The number of carbonyl (C=O) groups is 1. The Hall–Kier alpha value is -1.54. The minimum Gasteiger partial charge on any atom is -0.396 e. The summed E-state index contributed by atoms with van der Waals surface area (Å²) >= 11 is 0. The van der Waals surface area contributed by atoms with Gasteiger partial charge in [-0.3, -0.25) is 14.7 Å². The van der Waals surface area contributed by atoms with Crippen molar-refractivity contribution < 1.29 is 19.4 Å². The van der Waals surface area contributed by atoms with E-state index in [1.165, 1.54) is 0 Å². The van der Waals surface area contributed by atoms with E-state index >= 15 is 0 Å². The first-order valence-corrected chi connectivity index (χ1v) is 10.4. The van der Waals surface area contributed by atoms with E-state index in [-0.39, 0.29) is 24.7 Å². The molecule has 2 aliphatic heterocycles. The number of ether oxygens (including phenoxy) is 2. The molecule has 1 amide bonds. The van der Waals surface area contributed by atoms with Crippen LogP contribution in [0.25, 0.3) is 0 Å². The van der Waals surface area contributed by atoms with Crippen molar-refractivity contribution in [1.82, 2.24) is 14.8 Å². The Bertz CT molecular complexity index is 595. The molecule has 3 heterocycles. The largest absolute Gasteiger partial charge is 0.396 e. The zero-order chi connectivity index (χ0) is 19.8. The highest BCUT2D eigenvalue weighted by atomic mass is 16.5. The van der Waals surface area contributed by atoms with Crippen molar-refractivity contribution in [3.8, 4) is 0 Å². The highest BCUT2D eigenvalue weighted by Crippen LogP contribution is 2.20. The second kappa shape index (κ2) is 10.9. The molecule has 0 bridgehead atoms. The van der Waals surface area contributed by atoms with Crippen LogP contribution in [0.5, 0.6) is 0 Å². The van der Waals surface area contributed by atoms with Crippen LogP contribution in [0.15, 0.2) is 24.4 Å². The fourth-order valence-electron chi connectivity index (χ4n) is 3.92. The summed E-state index contributed by atoms with van der Waals surface area (Å²) in [7, 11) is 0. The van der Waals surface area contributed by atoms with Crippen LogP contribution >= 0.6 is 0 Å². The first kappa shape index (κ1) is 21.2. The lowest BCUT2D eigenvalue weighted by atomic mass is 9.99. The summed E-state index contributed by atoms with van der Waals surface area (Å²) in [5, 5.41) is 9.32. The Morgan fingerprint density at radius 3 is 2.86 bits per heavy atom. The molecule has 2 saturated heterocycles. The van der Waals surface area contributed by atoms with Crippen molar-refractivity contribution >= 4 is 5.91 Å². The molecular weight excluding hydrogens is 358 g/mol. The molecule has 3 rings (SSSR count). The molecule has 1 aromatic rings. The molecule has 0 saturated carbocycles. The van der Waals surface area contributed by atoms with E-state index in [2.05, 4.69) is 16.8 Å². The number of aliphatic hydroxyl groups is 1. The Morgan fingerprint density at radius 2 is 2.14 bits per heavy atom. The lowest BCUT2D eigenvalue weighted by Crippen LogP contribution is -2.42. The number of aromatic nitrogens is 1. The molecule has 7 nitrogen and oxygen atoms in total. The van der Waals surface area contributed by atoms with Crippen LogP contribution in [-0.4, -0.2) is 83.9 Å². The minimum atomic E-state index is -0.0746. The van der Waals surface area contributed by atoms with Crippen molar-refractivity contribution in [2.45, 2.75) is 44.9 Å². The smallest absolute Gasteiger partial charge is 0.236 e. The predicted molar refractivity (Wildman–Crippen MR) is 106 cm³/mol. The van der Waals surface area contributed by atoms with E-state index < -0.39 is 0 Å². The Balaban J connectivity index is 1.66. The number of amides is 1. The molecule has 156 valence electrons. The topological polar surface area (TPSA) is 75.1 Å². The fourth-order valence-corrected chi connectivity index (χ4v) is 3.92. The van der Waals surface area contributed by atoms with Crippen LogP contribution in [0, 0.1) is 5.92 Å². The first-order valence-electron chi connectivity index (χ1n) is 10.4. The van der Waals surface area contributed by atoms with Gasteiger partial charge >= 0.3 is 0 Å². The molecule has 2 fully saturated rings. The quantitative estimate of drug-likeness (QED) is 0.720. The van der Waals surface area contributed by atoms with Crippen LogP contribution in [0.2, 0.25) is 0 Å². The van der Waals surface area contributed by atoms with Crippen molar-refractivity contribution in [2.75, 3.05) is 46.0 Å². The second-order valence-corrected chi connectivity index (χ2v) is 7.90. The predicted octanol–water partition coefficient (Wildman–Crippen LogP) is 1.31. The molecule has 0 radical (unpaired) electrons. The lowest BCUT2D eigenvalue weighted by Gasteiger charge is -2.30. The van der Waals surface area contributed by atoms with E-state index in [0.29, 0.717) is 38.6 Å². The third-order valence-corrected chi connectivity index (χ3v) is 5.74. The Morgan fingerprint density at radius 1 is 1.32 bits per heavy atom. The summed E-state index contributed by atoms with van der Waals surface area (Å²) in [6.07, 6.45) is 4.36. The zero-order valence-corrected chi connectivity index (χ0v) is 16.8. The van der Waals surface area contributed by atoms with Gasteiger partial charge in [-0.15, -0.1) is 0 Å². The van der Waals surface area contributed by atoms with Gasteiger partial charge in [0.15, 0.2) is 0 Å². The summed E-state index contributed by atoms with van der Waals surface area (Å²) in [6, 6.07) is 5.93. The van der Waals surface area contributed by atoms with Crippen LogP contribution in [0.3, 0.4) is 0 Å². The molecule has 7 heteroatoms. The number of hydrogen-bond donors (Lipinski definition) is 1. The molecular formula is C21H33N3O4. The Kier molecular flexibility index (Phi) is 8.21. The lowest BCUT2D eigenvalue weighted by molar-refractivity contribution is -0.133. The molecule has 0 aliphatic carbocycles. The van der Waals surface area contributed by atoms with E-state index in [0.717, 1.165) is 38.3 Å². The highest BCUT2D eigenvalue weighted by Gasteiger charge is 2.32. The molecule has 1 N–H and O–H groups in total. The number of aliphatic hydroxyl groups excluding tert-OH is 1. The normalized spacial score (nSPS) is 23.6. The molecule has 0 spiro atoms. The molecule has 2 atom stereocenters. The average Bonchev–Trinajstić information content (AvgIpc) is 2.87. The van der Waals surface area contributed by atoms with Crippen LogP contribution < -0.4 is 0 Å². The molecule has 1 aromatic heterocycles. The zero-order valence-electron chi connectivity index (χ0n) is 16.8. The van der Waals surface area contributed by atoms with E-state index in [4.69, 9.17) is 9.47 Å². The van der Waals surface area contributed by atoms with Crippen LogP contribution in [0.4, 0.5) is 0 Å². The SMILES string of the molecule is C[C@H](CCO)N1CC(=O)N(CC2CCOCC2)C[C@@H](OCc2ccccn2)C1. The highest BCUT2D eigenvalue weighted by molar-refractivity contribution is 5.78.